The molecule has 0 aliphatic carbocycles. The van der Waals surface area contributed by atoms with Crippen LogP contribution in [0.4, 0.5) is 0 Å². The van der Waals surface area contributed by atoms with Crippen LogP contribution in [0.15, 0.2) is 0 Å². The van der Waals surface area contributed by atoms with Crippen molar-refractivity contribution in [1.82, 2.24) is 15.1 Å². The second-order valence-electron chi connectivity index (χ2n) is 5.55. The summed E-state index contributed by atoms with van der Waals surface area (Å²) in [6.45, 7) is 15.0. The Bertz CT molecular complexity index is 345. The lowest BCUT2D eigenvalue weighted by molar-refractivity contribution is 0.408. The average Bonchev–Trinajstić information content (AvgIpc) is 2.40. The third kappa shape index (κ3) is 3.63. The molecule has 0 bridgehead atoms. The molecule has 1 rings (SSSR count). The van der Waals surface area contributed by atoms with Crippen molar-refractivity contribution in [3.8, 4) is 0 Å². The third-order valence-electron chi connectivity index (χ3n) is 2.95. The van der Waals surface area contributed by atoms with Crippen molar-refractivity contribution < 1.29 is 0 Å². The molecular formula is C13H25N3. The van der Waals surface area contributed by atoms with E-state index in [9.17, 15) is 0 Å². The number of hydrogen-bond acceptors (Lipinski definition) is 2. The van der Waals surface area contributed by atoms with Crippen LogP contribution in [-0.4, -0.2) is 21.9 Å². The summed E-state index contributed by atoms with van der Waals surface area (Å²) in [6, 6.07) is 0. The van der Waals surface area contributed by atoms with E-state index >= 15 is 0 Å². The fourth-order valence-corrected chi connectivity index (χ4v) is 1.70. The molecule has 0 fully saturated rings. The van der Waals surface area contributed by atoms with E-state index in [1.54, 1.807) is 0 Å². The molecule has 0 saturated heterocycles. The zero-order valence-electron chi connectivity index (χ0n) is 11.5. The van der Waals surface area contributed by atoms with Crippen LogP contribution in [0, 0.1) is 20.8 Å². The first-order valence-electron chi connectivity index (χ1n) is 6.07. The quantitative estimate of drug-likeness (QED) is 0.795. The first-order chi connectivity index (χ1) is 7.31. The summed E-state index contributed by atoms with van der Waals surface area (Å²) in [6.07, 6.45) is 1.12. The molecular weight excluding hydrogens is 198 g/mol. The van der Waals surface area contributed by atoms with Crippen molar-refractivity contribution in [1.29, 1.82) is 0 Å². The molecule has 16 heavy (non-hydrogen) atoms. The molecule has 0 spiro atoms. The summed E-state index contributed by atoms with van der Waals surface area (Å²) in [5, 5.41) is 8.02. The lowest BCUT2D eigenvalue weighted by atomic mass is 10.1. The van der Waals surface area contributed by atoms with Gasteiger partial charge in [-0.1, -0.05) is 0 Å². The van der Waals surface area contributed by atoms with Crippen molar-refractivity contribution in [2.24, 2.45) is 0 Å². The van der Waals surface area contributed by atoms with E-state index in [0.717, 1.165) is 25.2 Å². The smallest absolute Gasteiger partial charge is 0.0625 e. The van der Waals surface area contributed by atoms with Crippen LogP contribution >= 0.6 is 0 Å². The summed E-state index contributed by atoms with van der Waals surface area (Å²) in [5.74, 6) is 0. The van der Waals surface area contributed by atoms with E-state index in [4.69, 9.17) is 0 Å². The van der Waals surface area contributed by atoms with E-state index in [2.05, 4.69) is 56.6 Å². The minimum absolute atomic E-state index is 0.213. The fraction of sp³-hybridized carbons (Fsp3) is 0.769. The van der Waals surface area contributed by atoms with Gasteiger partial charge >= 0.3 is 0 Å². The predicted molar refractivity (Wildman–Crippen MR) is 68.8 cm³/mol. The van der Waals surface area contributed by atoms with Crippen LogP contribution in [0.3, 0.4) is 0 Å². The van der Waals surface area contributed by atoms with Crippen molar-refractivity contribution in [2.45, 2.75) is 60.0 Å². The normalized spacial score (nSPS) is 12.1. The van der Waals surface area contributed by atoms with E-state index in [1.165, 1.54) is 11.3 Å². The highest BCUT2D eigenvalue weighted by Crippen LogP contribution is 2.11. The van der Waals surface area contributed by atoms with Gasteiger partial charge in [-0.25, -0.2) is 0 Å². The monoisotopic (exact) mass is 223 g/mol. The average molecular weight is 223 g/mol. The minimum Gasteiger partial charge on any atom is -0.312 e. The third-order valence-corrected chi connectivity index (χ3v) is 2.95. The van der Waals surface area contributed by atoms with Crippen LogP contribution in [0.5, 0.6) is 0 Å². The Morgan fingerprint density at radius 3 is 2.25 bits per heavy atom. The van der Waals surface area contributed by atoms with Crippen LogP contribution in [0.2, 0.25) is 0 Å². The fourth-order valence-electron chi connectivity index (χ4n) is 1.70. The molecule has 0 unspecified atom stereocenters. The number of hydrogen-bond donors (Lipinski definition) is 1. The van der Waals surface area contributed by atoms with Gasteiger partial charge in [0.25, 0.3) is 0 Å². The number of aryl methyl sites for hydroxylation is 2. The van der Waals surface area contributed by atoms with Gasteiger partial charge in [-0.05, 0) is 60.1 Å². The number of rotatable bonds is 4. The summed E-state index contributed by atoms with van der Waals surface area (Å²) in [5.41, 5.74) is 3.99. The Labute approximate surface area is 99.2 Å². The largest absolute Gasteiger partial charge is 0.312 e. The molecule has 0 aliphatic heterocycles. The van der Waals surface area contributed by atoms with E-state index in [0.29, 0.717) is 0 Å². The molecule has 3 heteroatoms. The topological polar surface area (TPSA) is 29.9 Å². The van der Waals surface area contributed by atoms with Crippen molar-refractivity contribution in [3.05, 3.63) is 17.0 Å². The van der Waals surface area contributed by atoms with Crippen molar-refractivity contribution >= 4 is 0 Å². The minimum atomic E-state index is 0.213. The van der Waals surface area contributed by atoms with Crippen LogP contribution in [-0.2, 0) is 6.54 Å². The molecule has 1 N–H and O–H groups in total. The Morgan fingerprint density at radius 2 is 1.81 bits per heavy atom. The molecule has 0 saturated carbocycles. The number of nitrogens with zero attached hydrogens (tertiary/aromatic N) is 2. The number of nitrogens with one attached hydrogen (secondary N) is 1. The van der Waals surface area contributed by atoms with Gasteiger partial charge in [-0.3, -0.25) is 4.68 Å². The SMILES string of the molecule is Cc1nn(CCCNC(C)(C)C)c(C)c1C. The lowest BCUT2D eigenvalue weighted by Crippen LogP contribution is -2.36. The molecule has 92 valence electrons. The van der Waals surface area contributed by atoms with E-state index in [-0.39, 0.29) is 5.54 Å². The highest BCUT2D eigenvalue weighted by atomic mass is 15.3. The zero-order chi connectivity index (χ0) is 12.3. The molecule has 0 amide bonds. The maximum absolute atomic E-state index is 4.53. The highest BCUT2D eigenvalue weighted by molar-refractivity contribution is 5.21. The molecule has 1 heterocycles. The van der Waals surface area contributed by atoms with Gasteiger partial charge in [0.15, 0.2) is 0 Å². The summed E-state index contributed by atoms with van der Waals surface area (Å²) >= 11 is 0. The Balaban J connectivity index is 2.41. The van der Waals surface area contributed by atoms with Gasteiger partial charge in [0.2, 0.25) is 0 Å². The van der Waals surface area contributed by atoms with E-state index < -0.39 is 0 Å². The predicted octanol–water partition coefficient (Wildman–Crippen LogP) is 2.59. The second kappa shape index (κ2) is 5.00. The first kappa shape index (κ1) is 13.2. The Hall–Kier alpha value is -0.830. The number of aromatic nitrogens is 2. The summed E-state index contributed by atoms with van der Waals surface area (Å²) in [4.78, 5) is 0. The van der Waals surface area contributed by atoms with Gasteiger partial charge in [0.1, 0.15) is 0 Å². The molecule has 1 aromatic rings. The van der Waals surface area contributed by atoms with Crippen LogP contribution < -0.4 is 5.32 Å². The maximum Gasteiger partial charge on any atom is 0.0625 e. The van der Waals surface area contributed by atoms with Gasteiger partial charge in [0, 0.05) is 17.8 Å². The Morgan fingerprint density at radius 1 is 1.19 bits per heavy atom. The standard InChI is InChI=1S/C13H25N3/c1-10-11(2)15-16(12(10)3)9-7-8-14-13(4,5)6/h14H,7-9H2,1-6H3. The van der Waals surface area contributed by atoms with Gasteiger partial charge in [0.05, 0.1) is 5.69 Å². The van der Waals surface area contributed by atoms with Crippen molar-refractivity contribution in [3.63, 3.8) is 0 Å². The van der Waals surface area contributed by atoms with Crippen LogP contribution in [0.1, 0.15) is 44.1 Å². The van der Waals surface area contributed by atoms with Crippen molar-refractivity contribution in [2.75, 3.05) is 6.54 Å². The molecule has 0 aromatic carbocycles. The molecule has 0 radical (unpaired) electrons. The summed E-state index contributed by atoms with van der Waals surface area (Å²) in [7, 11) is 0. The molecule has 0 aliphatic rings. The first-order valence-corrected chi connectivity index (χ1v) is 6.07. The Kier molecular flexibility index (Phi) is 4.14. The van der Waals surface area contributed by atoms with Gasteiger partial charge < -0.3 is 5.32 Å². The molecule has 1 aromatic heterocycles. The molecule has 0 atom stereocenters. The van der Waals surface area contributed by atoms with E-state index in [1.807, 2.05) is 0 Å². The van der Waals surface area contributed by atoms with Gasteiger partial charge in [-0.2, -0.15) is 5.10 Å². The maximum atomic E-state index is 4.53. The lowest BCUT2D eigenvalue weighted by Gasteiger charge is -2.20. The summed E-state index contributed by atoms with van der Waals surface area (Å²) < 4.78 is 2.12. The highest BCUT2D eigenvalue weighted by Gasteiger charge is 2.09. The second-order valence-corrected chi connectivity index (χ2v) is 5.55. The zero-order valence-corrected chi connectivity index (χ0v) is 11.5. The molecule has 3 nitrogen and oxygen atoms in total. The van der Waals surface area contributed by atoms with Gasteiger partial charge in [-0.15, -0.1) is 0 Å². The van der Waals surface area contributed by atoms with Crippen LogP contribution in [0.25, 0.3) is 0 Å².